The summed E-state index contributed by atoms with van der Waals surface area (Å²) in [5.41, 5.74) is 0.870. The van der Waals surface area contributed by atoms with E-state index < -0.39 is 0 Å². The van der Waals surface area contributed by atoms with E-state index in [9.17, 15) is 4.79 Å². The van der Waals surface area contributed by atoms with Crippen molar-refractivity contribution in [2.45, 2.75) is 20.8 Å². The molecule has 0 bridgehead atoms. The Morgan fingerprint density at radius 1 is 1.29 bits per heavy atom. The summed E-state index contributed by atoms with van der Waals surface area (Å²) in [4.78, 5) is 15.6. The van der Waals surface area contributed by atoms with Crippen molar-refractivity contribution in [1.82, 2.24) is 9.55 Å². The van der Waals surface area contributed by atoms with Crippen LogP contribution in [0.3, 0.4) is 0 Å². The van der Waals surface area contributed by atoms with Crippen LogP contribution >= 0.6 is 0 Å². The van der Waals surface area contributed by atoms with Crippen LogP contribution in [0.1, 0.15) is 19.4 Å². The first-order chi connectivity index (χ1) is 7.77. The van der Waals surface area contributed by atoms with Crippen molar-refractivity contribution in [2.75, 3.05) is 0 Å². The maximum Gasteiger partial charge on any atom is 0.245 e. The normalized spacial score (nSPS) is 8.65. The Morgan fingerprint density at radius 2 is 2.00 bits per heavy atom. The molecule has 4 heteroatoms. The van der Waals surface area contributed by atoms with Gasteiger partial charge in [0.2, 0.25) is 5.56 Å². The van der Waals surface area contributed by atoms with Crippen molar-refractivity contribution in [1.29, 1.82) is 0 Å². The maximum atomic E-state index is 11.4. The SMILES string of the molecule is CC.Cc1[c-]cc(-n2ccccc2=O)nc1.[Y]. The Hall–Kier alpha value is -0.796. The van der Waals surface area contributed by atoms with E-state index in [0.29, 0.717) is 5.82 Å². The molecule has 0 atom stereocenters. The molecule has 0 unspecified atom stereocenters. The van der Waals surface area contributed by atoms with Gasteiger partial charge in [0.15, 0.2) is 0 Å². The average Bonchev–Trinajstić information content (AvgIpc) is 2.34. The smallest absolute Gasteiger partial charge is 0.245 e. The molecule has 0 aliphatic carbocycles. The molecule has 0 aliphatic heterocycles. The van der Waals surface area contributed by atoms with Crippen LogP contribution in [0.2, 0.25) is 0 Å². The largest absolute Gasteiger partial charge is 0.367 e. The van der Waals surface area contributed by atoms with Gasteiger partial charge < -0.3 is 9.55 Å². The Kier molecular flexibility index (Phi) is 7.93. The van der Waals surface area contributed by atoms with Crippen LogP contribution in [-0.2, 0) is 32.7 Å². The van der Waals surface area contributed by atoms with E-state index in [1.807, 2.05) is 20.8 Å². The third-order valence-corrected chi connectivity index (χ3v) is 1.89. The van der Waals surface area contributed by atoms with Crippen LogP contribution in [0, 0.1) is 13.0 Å². The molecular formula is C13H15N2OY-. The number of nitrogens with zero attached hydrogens (tertiary/aromatic N) is 2. The molecule has 2 heterocycles. The Bertz CT molecular complexity index is 491. The minimum absolute atomic E-state index is 0. The van der Waals surface area contributed by atoms with E-state index in [2.05, 4.69) is 11.1 Å². The van der Waals surface area contributed by atoms with E-state index in [1.54, 1.807) is 30.6 Å². The van der Waals surface area contributed by atoms with Crippen LogP contribution in [0.5, 0.6) is 0 Å². The first-order valence-electron chi connectivity index (χ1n) is 5.30. The van der Waals surface area contributed by atoms with Crippen LogP contribution < -0.4 is 5.56 Å². The standard InChI is InChI=1S/C11H9N2O.C2H6.Y/c1-9-5-6-10(12-8-9)13-7-3-2-4-11(13)14;1-2;/h2-4,6-8H,1H3;1-2H3;/q-1;;. The molecule has 0 aromatic carbocycles. The van der Waals surface area contributed by atoms with E-state index in [4.69, 9.17) is 0 Å². The summed E-state index contributed by atoms with van der Waals surface area (Å²) in [6.45, 7) is 5.91. The van der Waals surface area contributed by atoms with E-state index in [-0.39, 0.29) is 38.3 Å². The fourth-order valence-corrected chi connectivity index (χ4v) is 1.16. The van der Waals surface area contributed by atoms with Crippen LogP contribution in [0.15, 0.2) is 41.5 Å². The number of aryl methyl sites for hydroxylation is 1. The summed E-state index contributed by atoms with van der Waals surface area (Å²) >= 11 is 0. The van der Waals surface area contributed by atoms with Crippen molar-refractivity contribution >= 4 is 0 Å². The summed E-state index contributed by atoms with van der Waals surface area (Å²) < 4.78 is 1.48. The molecule has 0 spiro atoms. The Morgan fingerprint density at radius 3 is 2.53 bits per heavy atom. The Balaban J connectivity index is 0.000000811. The van der Waals surface area contributed by atoms with Crippen molar-refractivity contribution in [3.63, 3.8) is 0 Å². The van der Waals surface area contributed by atoms with Crippen molar-refractivity contribution in [2.24, 2.45) is 0 Å². The van der Waals surface area contributed by atoms with Gasteiger partial charge in [-0.05, 0) is 6.07 Å². The van der Waals surface area contributed by atoms with Gasteiger partial charge in [-0.1, -0.05) is 33.0 Å². The van der Waals surface area contributed by atoms with Crippen molar-refractivity contribution < 1.29 is 32.7 Å². The number of hydrogen-bond acceptors (Lipinski definition) is 2. The zero-order valence-electron chi connectivity index (χ0n) is 10.3. The first-order valence-corrected chi connectivity index (χ1v) is 5.30. The van der Waals surface area contributed by atoms with E-state index in [1.165, 1.54) is 10.6 Å². The van der Waals surface area contributed by atoms with Crippen molar-refractivity contribution in [3.05, 3.63) is 58.6 Å². The predicted octanol–water partition coefficient (Wildman–Crippen LogP) is 2.36. The molecule has 0 amide bonds. The molecule has 2 aromatic rings. The Labute approximate surface area is 127 Å². The zero-order chi connectivity index (χ0) is 12.0. The molecule has 0 aliphatic rings. The third-order valence-electron chi connectivity index (χ3n) is 1.89. The average molecular weight is 304 g/mol. The first kappa shape index (κ1) is 16.2. The molecule has 0 fully saturated rings. The van der Waals surface area contributed by atoms with Gasteiger partial charge in [0.25, 0.3) is 0 Å². The molecule has 0 saturated carbocycles. The molecule has 1 radical (unpaired) electrons. The predicted molar refractivity (Wildman–Crippen MR) is 64.8 cm³/mol. The van der Waals surface area contributed by atoms with Gasteiger partial charge in [0, 0.05) is 50.8 Å². The summed E-state index contributed by atoms with van der Waals surface area (Å²) in [7, 11) is 0. The van der Waals surface area contributed by atoms with E-state index >= 15 is 0 Å². The summed E-state index contributed by atoms with van der Waals surface area (Å²) in [5.74, 6) is 0.598. The van der Waals surface area contributed by atoms with Gasteiger partial charge in [0.05, 0.1) is 0 Å². The van der Waals surface area contributed by atoms with Gasteiger partial charge in [-0.2, -0.15) is 6.07 Å². The quantitative estimate of drug-likeness (QED) is 0.758. The van der Waals surface area contributed by atoms with Gasteiger partial charge in [-0.25, -0.2) is 0 Å². The molecule has 17 heavy (non-hydrogen) atoms. The summed E-state index contributed by atoms with van der Waals surface area (Å²) in [6.07, 6.45) is 3.38. The molecule has 2 aromatic heterocycles. The fourth-order valence-electron chi connectivity index (χ4n) is 1.16. The second-order valence-corrected chi connectivity index (χ2v) is 3.00. The van der Waals surface area contributed by atoms with E-state index in [0.717, 1.165) is 5.56 Å². The van der Waals surface area contributed by atoms with Gasteiger partial charge >= 0.3 is 0 Å². The number of rotatable bonds is 1. The number of pyridine rings is 2. The minimum atomic E-state index is -0.0859. The molecule has 3 nitrogen and oxygen atoms in total. The van der Waals surface area contributed by atoms with Crippen molar-refractivity contribution in [3.8, 4) is 5.82 Å². The topological polar surface area (TPSA) is 34.9 Å². The monoisotopic (exact) mass is 304 g/mol. The number of aromatic nitrogens is 2. The fraction of sp³-hybridized carbons (Fsp3) is 0.231. The second kappa shape index (κ2) is 8.32. The van der Waals surface area contributed by atoms with Gasteiger partial charge in [-0.3, -0.25) is 4.79 Å². The molecule has 87 valence electrons. The zero-order valence-corrected chi connectivity index (χ0v) is 13.2. The second-order valence-electron chi connectivity index (χ2n) is 3.00. The maximum absolute atomic E-state index is 11.4. The van der Waals surface area contributed by atoms with Crippen LogP contribution in [-0.4, -0.2) is 9.55 Å². The molecule has 2 rings (SSSR count). The number of hydrogen-bond donors (Lipinski definition) is 0. The molecule has 0 N–H and O–H groups in total. The van der Waals surface area contributed by atoms with Gasteiger partial charge in [-0.15, -0.1) is 11.6 Å². The summed E-state index contributed by atoms with van der Waals surface area (Å²) in [6, 6.07) is 9.71. The van der Waals surface area contributed by atoms with Crippen LogP contribution in [0.25, 0.3) is 5.82 Å². The van der Waals surface area contributed by atoms with Gasteiger partial charge in [0.1, 0.15) is 0 Å². The third kappa shape index (κ3) is 4.52. The summed E-state index contributed by atoms with van der Waals surface area (Å²) in [5, 5.41) is 0. The van der Waals surface area contributed by atoms with Crippen LogP contribution in [0.4, 0.5) is 0 Å². The molecular weight excluding hydrogens is 289 g/mol. The molecule has 0 saturated heterocycles. The minimum Gasteiger partial charge on any atom is -0.367 e.